The van der Waals surface area contributed by atoms with Gasteiger partial charge >= 0.3 is 11.9 Å². The molecule has 0 bridgehead atoms. The van der Waals surface area contributed by atoms with Crippen molar-refractivity contribution in [1.82, 2.24) is 0 Å². The van der Waals surface area contributed by atoms with E-state index in [1.165, 1.54) is 13.0 Å². The molecule has 0 radical (unpaired) electrons. The molecule has 0 saturated heterocycles. The average Bonchev–Trinajstić information content (AvgIpc) is 2.37. The molecule has 110 valence electrons. The Hall–Kier alpha value is -2.09. The molecule has 0 unspecified atom stereocenters. The van der Waals surface area contributed by atoms with E-state index in [0.717, 1.165) is 0 Å². The van der Waals surface area contributed by atoms with Crippen LogP contribution in [0.25, 0.3) is 0 Å². The van der Waals surface area contributed by atoms with Crippen LogP contribution in [0, 0.1) is 17.3 Å². The summed E-state index contributed by atoms with van der Waals surface area (Å²) in [4.78, 5) is 35.1. The van der Waals surface area contributed by atoms with Crippen molar-refractivity contribution in [2.45, 2.75) is 33.6 Å². The van der Waals surface area contributed by atoms with Crippen LogP contribution in [0.15, 0.2) is 12.7 Å². The van der Waals surface area contributed by atoms with E-state index in [4.69, 9.17) is 9.47 Å². The predicted octanol–water partition coefficient (Wildman–Crippen LogP) is 1.66. The standard InChI is InChI=1S/C15H20O5/c1-5-10-15(13(17)19-6-2,14(18)20-7-3)11-8-9-12(4)16/h5H,1,6-7,10-11H2,2-4H3. The maximum absolute atomic E-state index is 12.1. The van der Waals surface area contributed by atoms with Crippen LogP contribution in [0.3, 0.4) is 0 Å². The van der Waals surface area contributed by atoms with Crippen LogP contribution < -0.4 is 0 Å². The Morgan fingerprint density at radius 1 is 1.15 bits per heavy atom. The molecule has 0 fully saturated rings. The van der Waals surface area contributed by atoms with Gasteiger partial charge in [0.05, 0.1) is 13.2 Å². The van der Waals surface area contributed by atoms with E-state index < -0.39 is 17.4 Å². The topological polar surface area (TPSA) is 69.7 Å². The molecule has 20 heavy (non-hydrogen) atoms. The quantitative estimate of drug-likeness (QED) is 0.233. The Kier molecular flexibility index (Phi) is 7.98. The van der Waals surface area contributed by atoms with Gasteiger partial charge in [0.15, 0.2) is 5.41 Å². The van der Waals surface area contributed by atoms with Crippen molar-refractivity contribution >= 4 is 17.7 Å². The number of carbonyl (C=O) groups is 3. The minimum absolute atomic E-state index is 0.0389. The molecule has 0 aliphatic heterocycles. The van der Waals surface area contributed by atoms with Crippen molar-refractivity contribution in [3.05, 3.63) is 12.7 Å². The van der Waals surface area contributed by atoms with Crippen LogP contribution in [0.4, 0.5) is 0 Å². The molecule has 0 spiro atoms. The molecule has 0 aromatic heterocycles. The maximum atomic E-state index is 12.1. The second-order valence-electron chi connectivity index (χ2n) is 4.05. The zero-order valence-electron chi connectivity index (χ0n) is 12.2. The summed E-state index contributed by atoms with van der Waals surface area (Å²) < 4.78 is 9.89. The Labute approximate surface area is 119 Å². The molecule has 0 N–H and O–H groups in total. The molecule has 0 aliphatic carbocycles. The monoisotopic (exact) mass is 280 g/mol. The maximum Gasteiger partial charge on any atom is 0.324 e. The Morgan fingerprint density at radius 3 is 2.00 bits per heavy atom. The van der Waals surface area contributed by atoms with Gasteiger partial charge in [-0.25, -0.2) is 0 Å². The molecule has 0 saturated carbocycles. The Bertz CT molecular complexity index is 421. The molecule has 5 heteroatoms. The van der Waals surface area contributed by atoms with Gasteiger partial charge in [0.2, 0.25) is 5.78 Å². The van der Waals surface area contributed by atoms with E-state index in [1.807, 2.05) is 0 Å². The summed E-state index contributed by atoms with van der Waals surface area (Å²) in [5.74, 6) is 3.09. The molecule has 0 aliphatic rings. The summed E-state index contributed by atoms with van der Waals surface area (Å²) in [6, 6.07) is 0. The van der Waals surface area contributed by atoms with Crippen molar-refractivity contribution in [2.24, 2.45) is 5.41 Å². The first kappa shape index (κ1) is 17.9. The first-order valence-corrected chi connectivity index (χ1v) is 6.39. The third kappa shape index (κ3) is 4.88. The van der Waals surface area contributed by atoms with Crippen molar-refractivity contribution < 1.29 is 23.9 Å². The second-order valence-corrected chi connectivity index (χ2v) is 4.05. The van der Waals surface area contributed by atoms with Crippen molar-refractivity contribution in [3.8, 4) is 11.8 Å². The molecular weight excluding hydrogens is 260 g/mol. The van der Waals surface area contributed by atoms with E-state index in [1.54, 1.807) is 13.8 Å². The highest BCUT2D eigenvalue weighted by atomic mass is 16.6. The number of rotatable bonds is 7. The SMILES string of the molecule is C=CCC(CC#CC(C)=O)(C(=O)OCC)C(=O)OCC. The fraction of sp³-hybridized carbons (Fsp3) is 0.533. The molecule has 0 heterocycles. The van der Waals surface area contributed by atoms with Gasteiger partial charge < -0.3 is 9.47 Å². The number of hydrogen-bond acceptors (Lipinski definition) is 5. The number of esters is 2. The summed E-state index contributed by atoms with van der Waals surface area (Å²) >= 11 is 0. The molecule has 0 aromatic carbocycles. The van der Waals surface area contributed by atoms with Gasteiger partial charge in [0.1, 0.15) is 0 Å². The fourth-order valence-corrected chi connectivity index (χ4v) is 1.57. The minimum Gasteiger partial charge on any atom is -0.465 e. The smallest absolute Gasteiger partial charge is 0.324 e. The van der Waals surface area contributed by atoms with E-state index in [-0.39, 0.29) is 31.8 Å². The molecule has 0 aromatic rings. The zero-order valence-corrected chi connectivity index (χ0v) is 12.2. The van der Waals surface area contributed by atoms with E-state index >= 15 is 0 Å². The van der Waals surface area contributed by atoms with Crippen LogP contribution in [-0.2, 0) is 23.9 Å². The summed E-state index contributed by atoms with van der Waals surface area (Å²) in [6.07, 6.45) is 1.33. The predicted molar refractivity (Wildman–Crippen MR) is 73.6 cm³/mol. The number of ketones is 1. The van der Waals surface area contributed by atoms with Gasteiger partial charge in [0, 0.05) is 13.3 Å². The number of Topliss-reactive ketones (excluding diaryl/α,β-unsaturated/α-hetero) is 1. The van der Waals surface area contributed by atoms with Gasteiger partial charge in [-0.2, -0.15) is 0 Å². The van der Waals surface area contributed by atoms with Crippen LogP contribution in [0.5, 0.6) is 0 Å². The van der Waals surface area contributed by atoms with Crippen LogP contribution in [0.1, 0.15) is 33.6 Å². The Morgan fingerprint density at radius 2 is 1.65 bits per heavy atom. The number of carbonyl (C=O) groups excluding carboxylic acids is 3. The largest absolute Gasteiger partial charge is 0.465 e. The van der Waals surface area contributed by atoms with Gasteiger partial charge in [-0.3, -0.25) is 14.4 Å². The zero-order chi connectivity index (χ0) is 15.6. The summed E-state index contributed by atoms with van der Waals surface area (Å²) in [5.41, 5.74) is -1.56. The summed E-state index contributed by atoms with van der Waals surface area (Å²) in [6.45, 7) is 8.40. The highest BCUT2D eigenvalue weighted by Gasteiger charge is 2.47. The number of hydrogen-bond donors (Lipinski definition) is 0. The summed E-state index contributed by atoms with van der Waals surface area (Å²) in [7, 11) is 0. The number of allylic oxidation sites excluding steroid dienone is 1. The van der Waals surface area contributed by atoms with Gasteiger partial charge in [-0.05, 0) is 26.2 Å². The lowest BCUT2D eigenvalue weighted by molar-refractivity contribution is -0.171. The first-order chi connectivity index (χ1) is 9.44. The van der Waals surface area contributed by atoms with E-state index in [9.17, 15) is 14.4 Å². The Balaban J connectivity index is 5.49. The lowest BCUT2D eigenvalue weighted by atomic mass is 9.81. The highest BCUT2D eigenvalue weighted by Crippen LogP contribution is 2.30. The van der Waals surface area contributed by atoms with Crippen molar-refractivity contribution in [2.75, 3.05) is 13.2 Å². The molecule has 0 atom stereocenters. The third-order valence-corrected chi connectivity index (χ3v) is 2.48. The van der Waals surface area contributed by atoms with Gasteiger partial charge in [0.25, 0.3) is 0 Å². The molecule has 0 rings (SSSR count). The van der Waals surface area contributed by atoms with Crippen molar-refractivity contribution in [3.63, 3.8) is 0 Å². The van der Waals surface area contributed by atoms with E-state index in [2.05, 4.69) is 18.4 Å². The lowest BCUT2D eigenvalue weighted by Crippen LogP contribution is -2.41. The van der Waals surface area contributed by atoms with Crippen LogP contribution >= 0.6 is 0 Å². The minimum atomic E-state index is -1.56. The lowest BCUT2D eigenvalue weighted by Gasteiger charge is -2.26. The first-order valence-electron chi connectivity index (χ1n) is 6.39. The number of ether oxygens (including phenoxy) is 2. The van der Waals surface area contributed by atoms with Crippen molar-refractivity contribution in [1.29, 1.82) is 0 Å². The van der Waals surface area contributed by atoms with Crippen LogP contribution in [-0.4, -0.2) is 30.9 Å². The van der Waals surface area contributed by atoms with Crippen LogP contribution in [0.2, 0.25) is 0 Å². The highest BCUT2D eigenvalue weighted by molar-refractivity contribution is 6.01. The van der Waals surface area contributed by atoms with Gasteiger partial charge in [-0.1, -0.05) is 12.0 Å². The normalized spacial score (nSPS) is 9.95. The third-order valence-electron chi connectivity index (χ3n) is 2.48. The second kappa shape index (κ2) is 8.92. The molecule has 0 amide bonds. The van der Waals surface area contributed by atoms with Gasteiger partial charge in [-0.15, -0.1) is 6.58 Å². The summed E-state index contributed by atoms with van der Waals surface area (Å²) in [5, 5.41) is 0. The van der Waals surface area contributed by atoms with E-state index in [0.29, 0.717) is 0 Å². The average molecular weight is 280 g/mol. The fourth-order valence-electron chi connectivity index (χ4n) is 1.57. The molecular formula is C15H20O5. The molecule has 5 nitrogen and oxygen atoms in total.